The first-order valence-corrected chi connectivity index (χ1v) is 7.27. The minimum Gasteiger partial charge on any atom is -0.493 e. The zero-order chi connectivity index (χ0) is 13.7. The maximum Gasteiger partial charge on any atom is 0.170 e. The van der Waals surface area contributed by atoms with Crippen LogP contribution in [0.15, 0.2) is 18.2 Å². The summed E-state index contributed by atoms with van der Waals surface area (Å²) in [5.74, 6) is 1.06. The number of Topliss-reactive ketones (excluding diaryl/α,β-unsaturated/α-hetero) is 1. The van der Waals surface area contributed by atoms with Crippen LogP contribution in [0.4, 0.5) is 0 Å². The molecule has 1 unspecified atom stereocenters. The predicted molar refractivity (Wildman–Crippen MR) is 76.9 cm³/mol. The summed E-state index contributed by atoms with van der Waals surface area (Å²) in [6.07, 6.45) is 3.00. The minimum atomic E-state index is 0.0973. The van der Waals surface area contributed by atoms with E-state index in [-0.39, 0.29) is 11.7 Å². The molecule has 0 spiro atoms. The lowest BCUT2D eigenvalue weighted by Gasteiger charge is -2.22. The van der Waals surface area contributed by atoms with Crippen molar-refractivity contribution in [2.45, 2.75) is 33.1 Å². The average molecular weight is 261 g/mol. The normalized spacial score (nSPS) is 19.2. The fourth-order valence-corrected chi connectivity index (χ4v) is 2.57. The lowest BCUT2D eigenvalue weighted by molar-refractivity contribution is 0.0895. The first-order valence-electron chi connectivity index (χ1n) is 7.27. The zero-order valence-electron chi connectivity index (χ0n) is 11.9. The van der Waals surface area contributed by atoms with Gasteiger partial charge in [-0.3, -0.25) is 4.79 Å². The molecule has 0 saturated carbocycles. The molecule has 1 atom stereocenters. The number of rotatable bonds is 5. The molecule has 1 fully saturated rings. The number of aryl methyl sites for hydroxylation is 1. The molecule has 1 heterocycles. The number of carbonyl (C=O) groups excluding carboxylic acids is 1. The van der Waals surface area contributed by atoms with Crippen LogP contribution in [0.3, 0.4) is 0 Å². The third-order valence-corrected chi connectivity index (χ3v) is 3.69. The van der Waals surface area contributed by atoms with E-state index in [2.05, 4.69) is 12.2 Å². The average Bonchev–Trinajstić information content (AvgIpc) is 2.48. The number of nitrogens with one attached hydrogen (secondary N) is 1. The van der Waals surface area contributed by atoms with Gasteiger partial charge in [0.1, 0.15) is 5.75 Å². The van der Waals surface area contributed by atoms with Crippen molar-refractivity contribution < 1.29 is 9.53 Å². The van der Waals surface area contributed by atoms with Gasteiger partial charge >= 0.3 is 0 Å². The maximum atomic E-state index is 12.6. The van der Waals surface area contributed by atoms with Crippen LogP contribution in [0, 0.1) is 5.92 Å². The highest BCUT2D eigenvalue weighted by Gasteiger charge is 2.24. The van der Waals surface area contributed by atoms with Crippen LogP contribution in [0.2, 0.25) is 0 Å². The molecule has 1 aromatic carbocycles. The van der Waals surface area contributed by atoms with Crippen molar-refractivity contribution in [3.8, 4) is 5.75 Å². The maximum absolute atomic E-state index is 12.6. The molecule has 1 aliphatic rings. The smallest absolute Gasteiger partial charge is 0.170 e. The molecule has 1 saturated heterocycles. The molecular weight excluding hydrogens is 238 g/mol. The topological polar surface area (TPSA) is 38.3 Å². The van der Waals surface area contributed by atoms with Gasteiger partial charge in [-0.2, -0.15) is 0 Å². The van der Waals surface area contributed by atoms with Gasteiger partial charge in [0.2, 0.25) is 0 Å². The molecule has 3 heteroatoms. The van der Waals surface area contributed by atoms with Gasteiger partial charge in [0, 0.05) is 12.5 Å². The molecule has 0 bridgehead atoms. The van der Waals surface area contributed by atoms with Crippen molar-refractivity contribution >= 4 is 5.78 Å². The van der Waals surface area contributed by atoms with Crippen molar-refractivity contribution in [3.05, 3.63) is 29.3 Å². The van der Waals surface area contributed by atoms with Crippen LogP contribution in [-0.4, -0.2) is 25.5 Å². The highest BCUT2D eigenvalue weighted by Crippen LogP contribution is 2.26. The largest absolute Gasteiger partial charge is 0.493 e. The van der Waals surface area contributed by atoms with E-state index in [1.54, 1.807) is 0 Å². The lowest BCUT2D eigenvalue weighted by atomic mass is 9.89. The number of piperidine rings is 1. The number of ketones is 1. The van der Waals surface area contributed by atoms with Crippen molar-refractivity contribution in [1.82, 2.24) is 5.32 Å². The Morgan fingerprint density at radius 2 is 2.26 bits per heavy atom. The Balaban J connectivity index is 2.26. The van der Waals surface area contributed by atoms with Crippen LogP contribution in [0.25, 0.3) is 0 Å². The summed E-state index contributed by atoms with van der Waals surface area (Å²) in [6, 6.07) is 5.98. The third-order valence-electron chi connectivity index (χ3n) is 3.69. The fourth-order valence-electron chi connectivity index (χ4n) is 2.57. The summed E-state index contributed by atoms with van der Waals surface area (Å²) in [7, 11) is 0. The molecule has 0 amide bonds. The molecule has 0 radical (unpaired) electrons. The Labute approximate surface area is 115 Å². The van der Waals surface area contributed by atoms with Gasteiger partial charge < -0.3 is 10.1 Å². The van der Waals surface area contributed by atoms with Gasteiger partial charge in [0.15, 0.2) is 5.78 Å². The van der Waals surface area contributed by atoms with Crippen LogP contribution in [0.5, 0.6) is 5.75 Å². The fraction of sp³-hybridized carbons (Fsp3) is 0.562. The predicted octanol–water partition coefficient (Wildman–Crippen LogP) is 2.83. The van der Waals surface area contributed by atoms with E-state index in [0.29, 0.717) is 6.61 Å². The molecule has 0 aromatic heterocycles. The van der Waals surface area contributed by atoms with E-state index < -0.39 is 0 Å². The van der Waals surface area contributed by atoms with Crippen LogP contribution in [0.1, 0.15) is 42.6 Å². The first-order chi connectivity index (χ1) is 9.26. The van der Waals surface area contributed by atoms with E-state index >= 15 is 0 Å². The number of hydrogen-bond donors (Lipinski definition) is 1. The second kappa shape index (κ2) is 6.71. The van der Waals surface area contributed by atoms with E-state index in [1.165, 1.54) is 5.56 Å². The quantitative estimate of drug-likeness (QED) is 0.828. The molecular formula is C16H23NO2. The van der Waals surface area contributed by atoms with E-state index in [9.17, 15) is 4.79 Å². The Morgan fingerprint density at radius 3 is 2.89 bits per heavy atom. The van der Waals surface area contributed by atoms with Gasteiger partial charge in [-0.25, -0.2) is 0 Å². The highest BCUT2D eigenvalue weighted by molar-refractivity contribution is 6.00. The Hall–Kier alpha value is -1.35. The summed E-state index contributed by atoms with van der Waals surface area (Å²) in [6.45, 7) is 6.46. The molecule has 3 nitrogen and oxygen atoms in total. The molecule has 0 aliphatic carbocycles. The monoisotopic (exact) mass is 261 g/mol. The Morgan fingerprint density at radius 1 is 1.42 bits per heavy atom. The lowest BCUT2D eigenvalue weighted by Crippen LogP contribution is -2.34. The number of hydrogen-bond acceptors (Lipinski definition) is 3. The van der Waals surface area contributed by atoms with E-state index in [0.717, 1.165) is 43.7 Å². The van der Waals surface area contributed by atoms with Gasteiger partial charge in [0.25, 0.3) is 0 Å². The van der Waals surface area contributed by atoms with Gasteiger partial charge in [-0.1, -0.05) is 13.0 Å². The zero-order valence-corrected chi connectivity index (χ0v) is 11.9. The van der Waals surface area contributed by atoms with Crippen LogP contribution in [-0.2, 0) is 6.42 Å². The standard InChI is InChI=1S/C16H23NO2/c1-3-12-7-8-15(19-4-2)14(10-12)16(18)13-6-5-9-17-11-13/h7-8,10,13,17H,3-6,9,11H2,1-2H3. The van der Waals surface area contributed by atoms with Crippen LogP contribution >= 0.6 is 0 Å². The molecule has 19 heavy (non-hydrogen) atoms. The summed E-state index contributed by atoms with van der Waals surface area (Å²) in [5.41, 5.74) is 1.95. The van der Waals surface area contributed by atoms with Gasteiger partial charge in [-0.05, 0) is 50.4 Å². The third kappa shape index (κ3) is 3.35. The summed E-state index contributed by atoms with van der Waals surface area (Å²) in [5, 5.41) is 3.30. The summed E-state index contributed by atoms with van der Waals surface area (Å²) in [4.78, 5) is 12.6. The van der Waals surface area contributed by atoms with Crippen molar-refractivity contribution in [1.29, 1.82) is 0 Å². The van der Waals surface area contributed by atoms with E-state index in [1.807, 2.05) is 25.1 Å². The van der Waals surface area contributed by atoms with Gasteiger partial charge in [0.05, 0.1) is 12.2 Å². The van der Waals surface area contributed by atoms with Crippen molar-refractivity contribution in [2.24, 2.45) is 5.92 Å². The molecule has 1 aliphatic heterocycles. The summed E-state index contributed by atoms with van der Waals surface area (Å²) >= 11 is 0. The Bertz CT molecular complexity index is 436. The number of carbonyl (C=O) groups is 1. The Kier molecular flexibility index (Phi) is 4.97. The van der Waals surface area contributed by atoms with Gasteiger partial charge in [-0.15, -0.1) is 0 Å². The second-order valence-corrected chi connectivity index (χ2v) is 5.02. The first kappa shape index (κ1) is 14.1. The molecule has 2 rings (SSSR count). The van der Waals surface area contributed by atoms with E-state index in [4.69, 9.17) is 4.74 Å². The number of benzene rings is 1. The SMILES string of the molecule is CCOc1ccc(CC)cc1C(=O)C1CCCNC1. The minimum absolute atomic E-state index is 0.0973. The highest BCUT2D eigenvalue weighted by atomic mass is 16.5. The summed E-state index contributed by atoms with van der Waals surface area (Å²) < 4.78 is 5.61. The molecule has 1 N–H and O–H groups in total. The second-order valence-electron chi connectivity index (χ2n) is 5.02. The van der Waals surface area contributed by atoms with Crippen LogP contribution < -0.4 is 10.1 Å². The molecule has 1 aromatic rings. The van der Waals surface area contributed by atoms with Crippen molar-refractivity contribution in [2.75, 3.05) is 19.7 Å². The number of ether oxygens (including phenoxy) is 1. The molecule has 104 valence electrons. The van der Waals surface area contributed by atoms with Crippen molar-refractivity contribution in [3.63, 3.8) is 0 Å².